The second-order valence-corrected chi connectivity index (χ2v) is 5.91. The van der Waals surface area contributed by atoms with Crippen molar-refractivity contribution in [2.75, 3.05) is 24.5 Å². The summed E-state index contributed by atoms with van der Waals surface area (Å²) in [5.74, 6) is 2.35. The Morgan fingerprint density at radius 3 is 3.10 bits per heavy atom. The van der Waals surface area contributed by atoms with Gasteiger partial charge in [0.25, 0.3) is 0 Å². The highest BCUT2D eigenvalue weighted by atomic mass is 16.3. The van der Waals surface area contributed by atoms with E-state index in [1.807, 2.05) is 13.0 Å². The Bertz CT molecular complexity index is 590. The van der Waals surface area contributed by atoms with E-state index in [9.17, 15) is 0 Å². The fourth-order valence-electron chi connectivity index (χ4n) is 2.80. The van der Waals surface area contributed by atoms with Crippen molar-refractivity contribution in [3.8, 4) is 11.4 Å². The van der Waals surface area contributed by atoms with E-state index in [0.717, 1.165) is 49.0 Å². The van der Waals surface area contributed by atoms with E-state index in [1.54, 1.807) is 6.26 Å². The van der Waals surface area contributed by atoms with Crippen LogP contribution in [0, 0.1) is 12.3 Å². The van der Waals surface area contributed by atoms with Gasteiger partial charge in [0.05, 0.1) is 11.8 Å². The van der Waals surface area contributed by atoms with Gasteiger partial charge < -0.3 is 15.1 Å². The minimum absolute atomic E-state index is 0.157. The second-order valence-electron chi connectivity index (χ2n) is 5.91. The highest BCUT2D eigenvalue weighted by Gasteiger charge is 2.31. The molecule has 1 aliphatic heterocycles. The minimum Gasteiger partial charge on any atom is -0.469 e. The third kappa shape index (κ3) is 2.31. The van der Waals surface area contributed by atoms with Gasteiger partial charge in [0.1, 0.15) is 5.76 Å². The Kier molecular flexibility index (Phi) is 3.25. The summed E-state index contributed by atoms with van der Waals surface area (Å²) in [4.78, 5) is 6.81. The van der Waals surface area contributed by atoms with Gasteiger partial charge in [-0.1, -0.05) is 6.92 Å². The van der Waals surface area contributed by atoms with Crippen molar-refractivity contribution < 1.29 is 4.42 Å². The fourth-order valence-corrected chi connectivity index (χ4v) is 2.80. The Morgan fingerprint density at radius 2 is 2.40 bits per heavy atom. The summed E-state index contributed by atoms with van der Waals surface area (Å²) in [6.07, 6.45) is 3.96. The summed E-state index contributed by atoms with van der Waals surface area (Å²) < 4.78 is 5.31. The van der Waals surface area contributed by atoms with E-state index in [2.05, 4.69) is 27.0 Å². The number of anilines is 1. The van der Waals surface area contributed by atoms with E-state index >= 15 is 0 Å². The lowest BCUT2D eigenvalue weighted by molar-refractivity contribution is 0.270. The van der Waals surface area contributed by atoms with Gasteiger partial charge in [0, 0.05) is 13.1 Å². The first-order valence-electron chi connectivity index (χ1n) is 7.03. The van der Waals surface area contributed by atoms with Crippen LogP contribution >= 0.6 is 0 Å². The molecule has 0 amide bonds. The zero-order valence-electron chi connectivity index (χ0n) is 12.0. The Balaban J connectivity index is 1.82. The van der Waals surface area contributed by atoms with Gasteiger partial charge in [-0.2, -0.15) is 4.98 Å². The lowest BCUT2D eigenvalue weighted by atomic mass is 9.82. The highest BCUT2D eigenvalue weighted by Crippen LogP contribution is 2.30. The number of nitrogens with zero attached hydrogens (tertiary/aromatic N) is 3. The smallest absolute Gasteiger partial charge is 0.245 e. The molecule has 1 unspecified atom stereocenters. The Hall–Kier alpha value is -1.82. The van der Waals surface area contributed by atoms with Gasteiger partial charge >= 0.3 is 0 Å². The van der Waals surface area contributed by atoms with Gasteiger partial charge in [0.15, 0.2) is 5.82 Å². The lowest BCUT2D eigenvalue weighted by Gasteiger charge is -2.39. The van der Waals surface area contributed by atoms with Crippen LogP contribution in [-0.4, -0.2) is 34.8 Å². The number of aromatic nitrogens is 3. The molecule has 2 aromatic heterocycles. The number of nitrogens with two attached hydrogens (primary N) is 1. The molecule has 1 fully saturated rings. The van der Waals surface area contributed by atoms with Crippen molar-refractivity contribution in [3.63, 3.8) is 0 Å². The number of H-pyrrole nitrogens is 1. The molecule has 0 aromatic carbocycles. The van der Waals surface area contributed by atoms with Gasteiger partial charge in [-0.25, -0.2) is 0 Å². The van der Waals surface area contributed by atoms with Crippen molar-refractivity contribution in [3.05, 3.63) is 18.1 Å². The van der Waals surface area contributed by atoms with E-state index in [0.29, 0.717) is 6.54 Å². The number of nitrogens with one attached hydrogen (secondary N) is 1. The molecule has 0 spiro atoms. The molecule has 3 rings (SSSR count). The number of hydrogen-bond donors (Lipinski definition) is 2. The molecule has 1 atom stereocenters. The average molecular weight is 275 g/mol. The molecule has 3 heterocycles. The molecule has 2 aromatic rings. The SMILES string of the molecule is Cc1occc1-c1nc(N2CCCC(C)(CN)C2)n[nH]1. The first-order chi connectivity index (χ1) is 9.61. The minimum atomic E-state index is 0.157. The van der Waals surface area contributed by atoms with Crippen molar-refractivity contribution in [1.82, 2.24) is 15.2 Å². The summed E-state index contributed by atoms with van der Waals surface area (Å²) >= 11 is 0. The van der Waals surface area contributed by atoms with Crippen LogP contribution in [0.25, 0.3) is 11.4 Å². The zero-order chi connectivity index (χ0) is 14.2. The van der Waals surface area contributed by atoms with Crippen LogP contribution in [0.5, 0.6) is 0 Å². The molecule has 1 saturated heterocycles. The van der Waals surface area contributed by atoms with Gasteiger partial charge in [0.2, 0.25) is 5.95 Å². The van der Waals surface area contributed by atoms with Crippen LogP contribution in [-0.2, 0) is 0 Å². The maximum absolute atomic E-state index is 5.89. The third-order valence-corrected chi connectivity index (χ3v) is 4.14. The molecule has 6 nitrogen and oxygen atoms in total. The van der Waals surface area contributed by atoms with Crippen molar-refractivity contribution in [2.45, 2.75) is 26.7 Å². The van der Waals surface area contributed by atoms with Crippen LogP contribution in [0.15, 0.2) is 16.7 Å². The second kappa shape index (κ2) is 4.94. The zero-order valence-corrected chi connectivity index (χ0v) is 12.0. The van der Waals surface area contributed by atoms with Gasteiger partial charge in [-0.3, -0.25) is 5.10 Å². The maximum atomic E-state index is 5.89. The molecule has 108 valence electrons. The molecule has 3 N–H and O–H groups in total. The Labute approximate surface area is 118 Å². The van der Waals surface area contributed by atoms with E-state index in [-0.39, 0.29) is 5.41 Å². The number of furan rings is 1. The molecular weight excluding hydrogens is 254 g/mol. The number of aryl methyl sites for hydroxylation is 1. The van der Waals surface area contributed by atoms with Crippen LogP contribution in [0.1, 0.15) is 25.5 Å². The van der Waals surface area contributed by atoms with Crippen LogP contribution < -0.4 is 10.6 Å². The predicted molar refractivity (Wildman–Crippen MR) is 77.4 cm³/mol. The topological polar surface area (TPSA) is 84.0 Å². The van der Waals surface area contributed by atoms with Crippen LogP contribution in [0.3, 0.4) is 0 Å². The van der Waals surface area contributed by atoms with Crippen LogP contribution in [0.2, 0.25) is 0 Å². The van der Waals surface area contributed by atoms with Gasteiger partial charge in [-0.05, 0) is 37.8 Å². The monoisotopic (exact) mass is 275 g/mol. The number of aromatic amines is 1. The number of hydrogen-bond acceptors (Lipinski definition) is 5. The maximum Gasteiger partial charge on any atom is 0.245 e. The quantitative estimate of drug-likeness (QED) is 0.894. The summed E-state index contributed by atoms with van der Waals surface area (Å²) in [5.41, 5.74) is 7.01. The number of piperidine rings is 1. The molecule has 1 aliphatic rings. The largest absolute Gasteiger partial charge is 0.469 e. The first kappa shape index (κ1) is 13.2. The van der Waals surface area contributed by atoms with Crippen molar-refractivity contribution >= 4 is 5.95 Å². The van der Waals surface area contributed by atoms with E-state index in [4.69, 9.17) is 10.2 Å². The van der Waals surface area contributed by atoms with Crippen molar-refractivity contribution in [2.24, 2.45) is 11.1 Å². The molecule has 6 heteroatoms. The first-order valence-corrected chi connectivity index (χ1v) is 7.03. The summed E-state index contributed by atoms with van der Waals surface area (Å²) in [5, 5.41) is 7.34. The van der Waals surface area contributed by atoms with E-state index in [1.165, 1.54) is 0 Å². The fraction of sp³-hybridized carbons (Fsp3) is 0.571. The van der Waals surface area contributed by atoms with Gasteiger partial charge in [-0.15, -0.1) is 5.10 Å². The lowest BCUT2D eigenvalue weighted by Crippen LogP contribution is -2.46. The van der Waals surface area contributed by atoms with Crippen molar-refractivity contribution in [1.29, 1.82) is 0 Å². The molecule has 20 heavy (non-hydrogen) atoms. The average Bonchev–Trinajstić information content (AvgIpc) is 3.07. The van der Waals surface area contributed by atoms with E-state index < -0.39 is 0 Å². The third-order valence-electron chi connectivity index (χ3n) is 4.14. The van der Waals surface area contributed by atoms with Crippen LogP contribution in [0.4, 0.5) is 5.95 Å². The summed E-state index contributed by atoms with van der Waals surface area (Å²) in [6.45, 7) is 6.74. The number of rotatable bonds is 3. The molecule has 0 bridgehead atoms. The molecule has 0 saturated carbocycles. The molecule has 0 aliphatic carbocycles. The highest BCUT2D eigenvalue weighted by molar-refractivity contribution is 5.58. The predicted octanol–water partition coefficient (Wildman–Crippen LogP) is 1.94. The summed E-state index contributed by atoms with van der Waals surface area (Å²) in [7, 11) is 0. The normalized spacial score (nSPS) is 23.2. The standard InChI is InChI=1S/C14H21N5O/c1-10-11(4-7-20-10)12-16-13(18-17-12)19-6-3-5-14(2,8-15)9-19/h4,7H,3,5-6,8-9,15H2,1-2H3,(H,16,17,18). The molecular formula is C14H21N5O. The Morgan fingerprint density at radius 1 is 1.55 bits per heavy atom. The molecule has 0 radical (unpaired) electrons. The summed E-state index contributed by atoms with van der Waals surface area (Å²) in [6, 6.07) is 1.90.